The normalized spacial score (nSPS) is 10.3. The molecule has 0 saturated heterocycles. The molecule has 2 N–H and O–H groups in total. The molecule has 0 unspecified atom stereocenters. The molecule has 0 saturated carbocycles. The molecule has 1 amide bonds. The average Bonchev–Trinajstić information content (AvgIpc) is 3.00. The van der Waals surface area contributed by atoms with Gasteiger partial charge in [0, 0.05) is 0 Å². The van der Waals surface area contributed by atoms with Crippen LogP contribution in [0.3, 0.4) is 0 Å². The van der Waals surface area contributed by atoms with E-state index in [-0.39, 0.29) is 24.4 Å². The number of furan rings is 1. The predicted molar refractivity (Wildman–Crippen MR) is 92.1 cm³/mol. The molecule has 8 heteroatoms. The third kappa shape index (κ3) is 4.27. The van der Waals surface area contributed by atoms with Crippen molar-refractivity contribution >= 4 is 11.9 Å². The van der Waals surface area contributed by atoms with Crippen molar-refractivity contribution in [3.8, 4) is 17.2 Å². The fourth-order valence-electron chi connectivity index (χ4n) is 2.51. The Balaban J connectivity index is 2.06. The molecule has 2 aromatic rings. The van der Waals surface area contributed by atoms with E-state index in [1.54, 1.807) is 19.1 Å². The first kappa shape index (κ1) is 19.2. The zero-order chi connectivity index (χ0) is 19.3. The zero-order valence-corrected chi connectivity index (χ0v) is 15.0. The number of carbonyl (C=O) groups excluding carboxylic acids is 1. The number of carbonyl (C=O) groups is 2. The second-order valence-electron chi connectivity index (χ2n) is 5.47. The Kier molecular flexibility index (Phi) is 6.11. The highest BCUT2D eigenvalue weighted by Crippen LogP contribution is 2.38. The van der Waals surface area contributed by atoms with Crippen molar-refractivity contribution in [2.75, 3.05) is 21.3 Å². The number of aryl methyl sites for hydroxylation is 1. The van der Waals surface area contributed by atoms with Crippen LogP contribution in [0.15, 0.2) is 22.6 Å². The zero-order valence-electron chi connectivity index (χ0n) is 15.0. The molecule has 0 radical (unpaired) electrons. The molecule has 0 atom stereocenters. The van der Waals surface area contributed by atoms with Gasteiger partial charge in [-0.1, -0.05) is 0 Å². The quantitative estimate of drug-likeness (QED) is 0.740. The summed E-state index contributed by atoms with van der Waals surface area (Å²) in [5.74, 6) is 0.715. The monoisotopic (exact) mass is 363 g/mol. The van der Waals surface area contributed by atoms with E-state index in [4.69, 9.17) is 23.7 Å². The summed E-state index contributed by atoms with van der Waals surface area (Å²) in [4.78, 5) is 23.2. The van der Waals surface area contributed by atoms with Gasteiger partial charge in [0.2, 0.25) is 11.7 Å². The Labute approximate surface area is 150 Å². The summed E-state index contributed by atoms with van der Waals surface area (Å²) >= 11 is 0. The first-order chi connectivity index (χ1) is 12.4. The van der Waals surface area contributed by atoms with Crippen LogP contribution in [0.25, 0.3) is 0 Å². The maximum absolute atomic E-state index is 12.2. The summed E-state index contributed by atoms with van der Waals surface area (Å²) in [7, 11) is 4.50. The maximum Gasteiger partial charge on any atom is 0.339 e. The Morgan fingerprint density at radius 3 is 2.15 bits per heavy atom. The third-order valence-corrected chi connectivity index (χ3v) is 3.75. The van der Waals surface area contributed by atoms with E-state index in [1.807, 2.05) is 0 Å². The first-order valence-corrected chi connectivity index (χ1v) is 7.77. The van der Waals surface area contributed by atoms with Gasteiger partial charge in [0.25, 0.3) is 0 Å². The molecule has 2 rings (SSSR count). The fraction of sp³-hybridized carbons (Fsp3) is 0.333. The van der Waals surface area contributed by atoms with Crippen LogP contribution in [-0.2, 0) is 17.8 Å². The molecule has 0 aliphatic heterocycles. The van der Waals surface area contributed by atoms with E-state index < -0.39 is 5.97 Å². The number of ether oxygens (including phenoxy) is 3. The lowest BCUT2D eigenvalue weighted by atomic mass is 10.1. The van der Waals surface area contributed by atoms with Crippen LogP contribution in [0.2, 0.25) is 0 Å². The van der Waals surface area contributed by atoms with Crippen molar-refractivity contribution in [2.45, 2.75) is 19.9 Å². The lowest BCUT2D eigenvalue weighted by Crippen LogP contribution is -2.24. The van der Waals surface area contributed by atoms with Gasteiger partial charge in [-0.3, -0.25) is 4.79 Å². The lowest BCUT2D eigenvalue weighted by molar-refractivity contribution is -0.120. The number of carboxylic acids is 1. The van der Waals surface area contributed by atoms with Gasteiger partial charge in [0.1, 0.15) is 17.1 Å². The second kappa shape index (κ2) is 8.28. The molecule has 26 heavy (non-hydrogen) atoms. The van der Waals surface area contributed by atoms with Crippen molar-refractivity contribution < 1.29 is 33.3 Å². The van der Waals surface area contributed by atoms with Gasteiger partial charge < -0.3 is 29.1 Å². The number of hydrogen-bond acceptors (Lipinski definition) is 6. The van der Waals surface area contributed by atoms with Crippen LogP contribution in [0.1, 0.15) is 27.4 Å². The molecule has 8 nitrogen and oxygen atoms in total. The Morgan fingerprint density at radius 2 is 1.69 bits per heavy atom. The van der Waals surface area contributed by atoms with Crippen molar-refractivity contribution in [1.82, 2.24) is 5.32 Å². The number of rotatable bonds is 8. The van der Waals surface area contributed by atoms with Crippen LogP contribution < -0.4 is 19.5 Å². The minimum absolute atomic E-state index is 0.0823. The molecule has 1 aromatic carbocycles. The maximum atomic E-state index is 12.2. The Bertz CT molecular complexity index is 785. The number of carboxylic acid groups (broad SMARTS) is 1. The molecule has 1 aromatic heterocycles. The lowest BCUT2D eigenvalue weighted by Gasteiger charge is -2.14. The largest absolute Gasteiger partial charge is 0.493 e. The molecule has 0 fully saturated rings. The van der Waals surface area contributed by atoms with E-state index in [0.29, 0.717) is 34.3 Å². The van der Waals surface area contributed by atoms with Crippen LogP contribution in [0.5, 0.6) is 17.2 Å². The topological polar surface area (TPSA) is 107 Å². The Morgan fingerprint density at radius 1 is 1.08 bits per heavy atom. The summed E-state index contributed by atoms with van der Waals surface area (Å²) in [5.41, 5.74) is 0.762. The number of hydrogen-bond donors (Lipinski definition) is 2. The molecular formula is C18H21NO7. The van der Waals surface area contributed by atoms with Gasteiger partial charge >= 0.3 is 5.97 Å². The summed E-state index contributed by atoms with van der Waals surface area (Å²) < 4.78 is 21.1. The van der Waals surface area contributed by atoms with Crippen LogP contribution in [-0.4, -0.2) is 38.3 Å². The number of methoxy groups -OCH3 is 3. The van der Waals surface area contributed by atoms with E-state index in [2.05, 4.69) is 5.32 Å². The van der Waals surface area contributed by atoms with E-state index in [0.717, 1.165) is 0 Å². The highest BCUT2D eigenvalue weighted by molar-refractivity contribution is 5.88. The van der Waals surface area contributed by atoms with Crippen molar-refractivity contribution in [1.29, 1.82) is 0 Å². The number of benzene rings is 1. The molecule has 0 bridgehead atoms. The van der Waals surface area contributed by atoms with Crippen LogP contribution in [0, 0.1) is 6.92 Å². The van der Waals surface area contributed by atoms with E-state index >= 15 is 0 Å². The standard InChI is InChI=1S/C18H21NO7/c1-10-13(18(21)22)8-12(26-10)9-19-16(20)7-11-5-14(23-2)17(25-4)15(6-11)24-3/h5-6,8H,7,9H2,1-4H3,(H,19,20)(H,21,22). The van der Waals surface area contributed by atoms with Gasteiger partial charge in [-0.2, -0.15) is 0 Å². The minimum atomic E-state index is -1.07. The smallest absolute Gasteiger partial charge is 0.339 e. The first-order valence-electron chi connectivity index (χ1n) is 7.77. The van der Waals surface area contributed by atoms with Gasteiger partial charge in [-0.15, -0.1) is 0 Å². The summed E-state index contributed by atoms with van der Waals surface area (Å²) in [6, 6.07) is 4.79. The number of amides is 1. The third-order valence-electron chi connectivity index (χ3n) is 3.75. The minimum Gasteiger partial charge on any atom is -0.493 e. The summed E-state index contributed by atoms with van der Waals surface area (Å²) in [6.07, 6.45) is 0.0855. The molecule has 0 spiro atoms. The molecule has 140 valence electrons. The molecule has 0 aliphatic rings. The van der Waals surface area contributed by atoms with E-state index in [1.165, 1.54) is 27.4 Å². The SMILES string of the molecule is COc1cc(CC(=O)NCc2cc(C(=O)O)c(C)o2)cc(OC)c1OC. The molecular weight excluding hydrogens is 342 g/mol. The van der Waals surface area contributed by atoms with Gasteiger partial charge in [-0.05, 0) is 30.7 Å². The molecule has 1 heterocycles. The van der Waals surface area contributed by atoms with Crippen molar-refractivity contribution in [3.05, 3.63) is 40.8 Å². The average molecular weight is 363 g/mol. The molecule has 0 aliphatic carbocycles. The van der Waals surface area contributed by atoms with Gasteiger partial charge in [0.15, 0.2) is 11.5 Å². The van der Waals surface area contributed by atoms with Crippen LogP contribution >= 0.6 is 0 Å². The summed E-state index contributed by atoms with van der Waals surface area (Å²) in [6.45, 7) is 1.65. The van der Waals surface area contributed by atoms with Gasteiger partial charge in [-0.25, -0.2) is 4.79 Å². The number of nitrogens with one attached hydrogen (secondary N) is 1. The number of aromatic carboxylic acids is 1. The van der Waals surface area contributed by atoms with Crippen molar-refractivity contribution in [2.24, 2.45) is 0 Å². The second-order valence-corrected chi connectivity index (χ2v) is 5.47. The predicted octanol–water partition coefficient (Wildman–Crippen LogP) is 2.17. The summed E-state index contributed by atoms with van der Waals surface area (Å²) in [5, 5.41) is 11.7. The highest BCUT2D eigenvalue weighted by Gasteiger charge is 2.16. The van der Waals surface area contributed by atoms with Crippen LogP contribution in [0.4, 0.5) is 0 Å². The van der Waals surface area contributed by atoms with Crippen molar-refractivity contribution in [3.63, 3.8) is 0 Å². The van der Waals surface area contributed by atoms with E-state index in [9.17, 15) is 9.59 Å². The highest BCUT2D eigenvalue weighted by atomic mass is 16.5. The Hall–Kier alpha value is -3.16. The van der Waals surface area contributed by atoms with Gasteiger partial charge in [0.05, 0.1) is 34.3 Å². The fourth-order valence-corrected chi connectivity index (χ4v) is 2.51.